The van der Waals surface area contributed by atoms with Crippen LogP contribution in [-0.2, 0) is 0 Å². The first-order chi connectivity index (χ1) is 9.75. The molecule has 1 saturated carbocycles. The van der Waals surface area contributed by atoms with Gasteiger partial charge in [0, 0.05) is 23.0 Å². The van der Waals surface area contributed by atoms with Crippen molar-refractivity contribution in [2.45, 2.75) is 52.0 Å². The Labute approximate surface area is 119 Å². The van der Waals surface area contributed by atoms with E-state index in [1.54, 1.807) is 17.3 Å². The van der Waals surface area contributed by atoms with Crippen molar-refractivity contribution in [2.75, 3.05) is 0 Å². The van der Waals surface area contributed by atoms with Gasteiger partial charge in [0.05, 0.1) is 6.21 Å². The van der Waals surface area contributed by atoms with Crippen molar-refractivity contribution in [3.8, 4) is 0 Å². The summed E-state index contributed by atoms with van der Waals surface area (Å²) >= 11 is 0. The van der Waals surface area contributed by atoms with E-state index in [1.807, 2.05) is 6.21 Å². The normalized spacial score (nSPS) is 17.1. The fraction of sp³-hybridized carbons (Fsp3) is 0.533. The Balaban J connectivity index is 1.86. The summed E-state index contributed by atoms with van der Waals surface area (Å²) in [7, 11) is 0. The van der Waals surface area contributed by atoms with Crippen molar-refractivity contribution < 1.29 is 0 Å². The van der Waals surface area contributed by atoms with Crippen molar-refractivity contribution in [3.05, 3.63) is 35.7 Å². The third-order valence-corrected chi connectivity index (χ3v) is 4.20. The third kappa shape index (κ3) is 2.53. The Morgan fingerprint density at radius 1 is 1.15 bits per heavy atom. The molecule has 0 bridgehead atoms. The van der Waals surface area contributed by atoms with Gasteiger partial charge >= 0.3 is 0 Å². The summed E-state index contributed by atoms with van der Waals surface area (Å²) in [4.78, 5) is 0. The van der Waals surface area contributed by atoms with Crippen LogP contribution in [0.3, 0.4) is 0 Å². The Morgan fingerprint density at radius 2 is 1.85 bits per heavy atom. The lowest BCUT2D eigenvalue weighted by atomic mass is 9.95. The molecule has 0 unspecified atom stereocenters. The summed E-state index contributed by atoms with van der Waals surface area (Å²) in [5.74, 6) is 0. The van der Waals surface area contributed by atoms with E-state index in [2.05, 4.69) is 39.8 Å². The van der Waals surface area contributed by atoms with Crippen LogP contribution in [-0.4, -0.2) is 25.7 Å². The second-order valence-electron chi connectivity index (χ2n) is 5.57. The lowest BCUT2D eigenvalue weighted by Crippen LogP contribution is -2.15. The Morgan fingerprint density at radius 3 is 2.55 bits per heavy atom. The van der Waals surface area contributed by atoms with E-state index in [9.17, 15) is 0 Å². The molecule has 2 aromatic rings. The van der Waals surface area contributed by atoms with Crippen LogP contribution >= 0.6 is 0 Å². The minimum Gasteiger partial charge on any atom is -0.345 e. The third-order valence-electron chi connectivity index (χ3n) is 4.20. The average Bonchev–Trinajstić information content (AvgIpc) is 3.06. The van der Waals surface area contributed by atoms with Gasteiger partial charge in [-0.2, -0.15) is 5.10 Å². The van der Waals surface area contributed by atoms with Crippen LogP contribution < -0.4 is 0 Å². The average molecular weight is 271 g/mol. The molecule has 1 fully saturated rings. The number of hydrogen-bond donors (Lipinski definition) is 0. The van der Waals surface area contributed by atoms with Gasteiger partial charge in [0.15, 0.2) is 0 Å². The van der Waals surface area contributed by atoms with Crippen molar-refractivity contribution in [1.29, 1.82) is 0 Å². The molecule has 2 heterocycles. The van der Waals surface area contributed by atoms with Gasteiger partial charge in [0.1, 0.15) is 12.7 Å². The van der Waals surface area contributed by atoms with Gasteiger partial charge < -0.3 is 4.57 Å². The van der Waals surface area contributed by atoms with Crippen molar-refractivity contribution in [1.82, 2.24) is 19.4 Å². The highest BCUT2D eigenvalue weighted by Crippen LogP contribution is 2.31. The van der Waals surface area contributed by atoms with Crippen LogP contribution in [0.2, 0.25) is 0 Å². The highest BCUT2D eigenvalue weighted by molar-refractivity contribution is 5.81. The zero-order chi connectivity index (χ0) is 13.9. The summed E-state index contributed by atoms with van der Waals surface area (Å²) in [6.07, 6.45) is 11.8. The molecule has 0 aromatic carbocycles. The van der Waals surface area contributed by atoms with Crippen molar-refractivity contribution in [3.63, 3.8) is 0 Å². The zero-order valence-corrected chi connectivity index (χ0v) is 12.2. The quantitative estimate of drug-likeness (QED) is 0.805. The molecule has 1 aliphatic carbocycles. The topological polar surface area (TPSA) is 48.0 Å². The number of aryl methyl sites for hydroxylation is 1. The Hall–Kier alpha value is -1.91. The number of rotatable bonds is 3. The van der Waals surface area contributed by atoms with Gasteiger partial charge in [-0.05, 0) is 32.8 Å². The minimum atomic E-state index is 0.667. The first-order valence-corrected chi connectivity index (χ1v) is 7.33. The molecule has 106 valence electrons. The molecular weight excluding hydrogens is 250 g/mol. The molecule has 0 spiro atoms. The minimum absolute atomic E-state index is 0.667. The molecule has 0 amide bonds. The van der Waals surface area contributed by atoms with Gasteiger partial charge in [0.25, 0.3) is 0 Å². The number of hydrogen-bond acceptors (Lipinski definition) is 3. The SMILES string of the molecule is Cc1cc(/C=N/n2cnnc2)c(C)n1C1CCCCC1. The molecule has 0 saturated heterocycles. The van der Waals surface area contributed by atoms with Crippen LogP contribution in [0, 0.1) is 13.8 Å². The molecule has 0 aliphatic heterocycles. The number of nitrogens with zero attached hydrogens (tertiary/aromatic N) is 5. The van der Waals surface area contributed by atoms with Crippen LogP contribution in [0.5, 0.6) is 0 Å². The van der Waals surface area contributed by atoms with E-state index in [4.69, 9.17) is 0 Å². The van der Waals surface area contributed by atoms with Gasteiger partial charge in [-0.1, -0.05) is 19.3 Å². The lowest BCUT2D eigenvalue weighted by molar-refractivity contribution is 0.346. The van der Waals surface area contributed by atoms with E-state index < -0.39 is 0 Å². The largest absolute Gasteiger partial charge is 0.345 e. The van der Waals surface area contributed by atoms with E-state index >= 15 is 0 Å². The van der Waals surface area contributed by atoms with E-state index in [-0.39, 0.29) is 0 Å². The van der Waals surface area contributed by atoms with Crippen LogP contribution in [0.1, 0.15) is 55.1 Å². The first-order valence-electron chi connectivity index (χ1n) is 7.33. The van der Waals surface area contributed by atoms with Crippen LogP contribution in [0.4, 0.5) is 0 Å². The fourth-order valence-corrected chi connectivity index (χ4v) is 3.22. The van der Waals surface area contributed by atoms with Gasteiger partial charge in [0.2, 0.25) is 0 Å². The van der Waals surface area contributed by atoms with Crippen molar-refractivity contribution >= 4 is 6.21 Å². The molecule has 3 rings (SSSR count). The van der Waals surface area contributed by atoms with Gasteiger partial charge in [-0.15, -0.1) is 10.2 Å². The summed E-state index contributed by atoms with van der Waals surface area (Å²) in [5, 5.41) is 11.8. The summed E-state index contributed by atoms with van der Waals surface area (Å²) in [5.41, 5.74) is 3.83. The standard InChI is InChI=1S/C15H21N5/c1-12-8-14(9-18-19-10-16-17-11-19)13(2)20(12)15-6-4-3-5-7-15/h8-11,15H,3-7H2,1-2H3/b18-9+. The second-order valence-corrected chi connectivity index (χ2v) is 5.57. The fourth-order valence-electron chi connectivity index (χ4n) is 3.22. The van der Waals surface area contributed by atoms with Crippen LogP contribution in [0.15, 0.2) is 23.8 Å². The first kappa shape index (κ1) is 13.1. The molecule has 0 radical (unpaired) electrons. The summed E-state index contributed by atoms with van der Waals surface area (Å²) in [6.45, 7) is 4.38. The van der Waals surface area contributed by atoms with Gasteiger partial charge in [-0.3, -0.25) is 0 Å². The molecular formula is C15H21N5. The zero-order valence-electron chi connectivity index (χ0n) is 12.2. The van der Waals surface area contributed by atoms with E-state index in [1.165, 1.54) is 49.1 Å². The summed E-state index contributed by atoms with van der Waals surface area (Å²) in [6, 6.07) is 2.89. The second kappa shape index (κ2) is 5.61. The predicted octanol–water partition coefficient (Wildman–Crippen LogP) is 3.08. The molecule has 0 atom stereocenters. The smallest absolute Gasteiger partial charge is 0.141 e. The number of aromatic nitrogens is 4. The summed E-state index contributed by atoms with van der Waals surface area (Å²) < 4.78 is 4.11. The molecule has 5 nitrogen and oxygen atoms in total. The lowest BCUT2D eigenvalue weighted by Gasteiger charge is -2.26. The predicted molar refractivity (Wildman–Crippen MR) is 79.0 cm³/mol. The molecule has 20 heavy (non-hydrogen) atoms. The monoisotopic (exact) mass is 271 g/mol. The Kier molecular flexibility index (Phi) is 3.67. The van der Waals surface area contributed by atoms with Gasteiger partial charge in [-0.25, -0.2) is 4.68 Å². The maximum absolute atomic E-state index is 4.35. The molecule has 2 aromatic heterocycles. The molecule has 0 N–H and O–H groups in total. The maximum Gasteiger partial charge on any atom is 0.141 e. The highest BCUT2D eigenvalue weighted by atomic mass is 15.4. The Bertz CT molecular complexity index is 588. The highest BCUT2D eigenvalue weighted by Gasteiger charge is 2.19. The van der Waals surface area contributed by atoms with Crippen LogP contribution in [0.25, 0.3) is 0 Å². The maximum atomic E-state index is 4.35. The van der Waals surface area contributed by atoms with E-state index in [0.29, 0.717) is 6.04 Å². The van der Waals surface area contributed by atoms with Crippen molar-refractivity contribution in [2.24, 2.45) is 5.10 Å². The molecule has 5 heteroatoms. The molecule has 1 aliphatic rings. The van der Waals surface area contributed by atoms with E-state index in [0.717, 1.165) is 0 Å².